The maximum absolute atomic E-state index is 12.6. The van der Waals surface area contributed by atoms with Gasteiger partial charge in [0.05, 0.1) is 13.2 Å². The van der Waals surface area contributed by atoms with Crippen LogP contribution in [0.1, 0.15) is 155 Å². The highest BCUT2D eigenvalue weighted by Crippen LogP contribution is 2.43. The highest BCUT2D eigenvalue weighted by Gasteiger charge is 2.28. The molecule has 2 unspecified atom stereocenters. The zero-order chi connectivity index (χ0) is 44.2. The van der Waals surface area contributed by atoms with Crippen molar-refractivity contribution in [3.63, 3.8) is 0 Å². The van der Waals surface area contributed by atoms with Crippen LogP contribution >= 0.6 is 7.82 Å². The molecule has 0 saturated carbocycles. The first-order valence-corrected chi connectivity index (χ1v) is 23.8. The van der Waals surface area contributed by atoms with Crippen LogP contribution in [0.5, 0.6) is 0 Å². The lowest BCUT2D eigenvalue weighted by Gasteiger charge is -2.20. The van der Waals surface area contributed by atoms with Crippen LogP contribution in [0, 0.1) is 0 Å². The molecule has 0 aromatic carbocycles. The van der Waals surface area contributed by atoms with E-state index in [9.17, 15) is 23.8 Å². The summed E-state index contributed by atoms with van der Waals surface area (Å²) in [5, 5.41) is 8.89. The molecule has 60 heavy (non-hydrogen) atoms. The summed E-state index contributed by atoms with van der Waals surface area (Å²) in [6.07, 6.45) is 53.3. The average Bonchev–Trinajstić information content (AvgIpc) is 3.22. The number of nitrogens with two attached hydrogens (primary N) is 1. The number of carbonyl (C=O) groups excluding carboxylic acids is 2. The minimum atomic E-state index is -4.73. The summed E-state index contributed by atoms with van der Waals surface area (Å²) in [6, 6.07) is -1.53. The number of aliphatic carboxylic acids is 1. The third-order valence-electron chi connectivity index (χ3n) is 8.89. The average molecular weight is 860 g/mol. The summed E-state index contributed by atoms with van der Waals surface area (Å²) >= 11 is 0. The Bertz CT molecular complexity index is 1380. The first-order valence-electron chi connectivity index (χ1n) is 22.3. The van der Waals surface area contributed by atoms with E-state index in [0.717, 1.165) is 109 Å². The lowest BCUT2D eigenvalue weighted by Crippen LogP contribution is -2.34. The van der Waals surface area contributed by atoms with Crippen LogP contribution in [0.15, 0.2) is 97.2 Å². The molecule has 0 aliphatic heterocycles. The highest BCUT2D eigenvalue weighted by molar-refractivity contribution is 7.47. The fourth-order valence-electron chi connectivity index (χ4n) is 5.44. The molecule has 0 radical (unpaired) electrons. The van der Waals surface area contributed by atoms with Crippen LogP contribution in [0.25, 0.3) is 0 Å². The minimum absolute atomic E-state index is 0.130. The standard InChI is InChI=1S/C48H78NO10P/c1-3-5-7-9-11-13-15-17-18-19-20-21-22-23-24-25-26-28-29-31-33-35-37-39-46(50)56-41-44(42-57-60(54,55)58-43-45(49)48(52)53)59-47(51)40-38-36-34-32-30-27-16-14-12-10-8-6-4-2/h5-8,10-14,16-18,20-21,23-24,44-45H,3-4,9,15,19,22,25-43,49H2,1-2H3,(H,52,53)(H,54,55)/b7-5+,8-6+,12-10+,13-11+,16-14+,18-17+,21-20+,24-23+/t44?,45-/m0/s1. The smallest absolute Gasteiger partial charge is 0.472 e. The fraction of sp³-hybridized carbons (Fsp3) is 0.604. The summed E-state index contributed by atoms with van der Waals surface area (Å²) in [4.78, 5) is 46.0. The number of phosphoric acid groups is 1. The summed E-state index contributed by atoms with van der Waals surface area (Å²) in [5.74, 6) is -2.43. The quantitative estimate of drug-likeness (QED) is 0.0176. The van der Waals surface area contributed by atoms with E-state index in [-0.39, 0.29) is 19.4 Å². The van der Waals surface area contributed by atoms with Crippen molar-refractivity contribution in [2.75, 3.05) is 19.8 Å². The molecule has 0 rings (SSSR count). The maximum Gasteiger partial charge on any atom is 0.472 e. The number of hydrogen-bond acceptors (Lipinski definition) is 9. The van der Waals surface area contributed by atoms with E-state index in [4.69, 9.17) is 24.8 Å². The van der Waals surface area contributed by atoms with Crippen LogP contribution < -0.4 is 5.73 Å². The lowest BCUT2D eigenvalue weighted by molar-refractivity contribution is -0.161. The van der Waals surface area contributed by atoms with Gasteiger partial charge in [-0.05, 0) is 77.0 Å². The molecule has 0 aliphatic rings. The molecule has 0 saturated heterocycles. The Morgan fingerprint density at radius 3 is 1.50 bits per heavy atom. The monoisotopic (exact) mass is 860 g/mol. The second-order valence-corrected chi connectivity index (χ2v) is 15.9. The number of carboxylic acid groups (broad SMARTS) is 1. The number of ether oxygens (including phenoxy) is 2. The maximum atomic E-state index is 12.6. The van der Waals surface area contributed by atoms with Crippen LogP contribution in [0.3, 0.4) is 0 Å². The van der Waals surface area contributed by atoms with Crippen LogP contribution in [-0.2, 0) is 37.5 Å². The molecular formula is C48H78NO10P. The van der Waals surface area contributed by atoms with Crippen molar-refractivity contribution < 1.29 is 47.5 Å². The summed E-state index contributed by atoms with van der Waals surface area (Å²) in [5.41, 5.74) is 5.33. The number of carboxylic acids is 1. The van der Waals surface area contributed by atoms with Crippen molar-refractivity contribution in [2.24, 2.45) is 5.73 Å². The Labute approximate surface area is 362 Å². The molecule has 0 amide bonds. The number of carbonyl (C=O) groups is 3. The third kappa shape index (κ3) is 41.1. The van der Waals surface area contributed by atoms with Gasteiger partial charge in [-0.15, -0.1) is 0 Å². The van der Waals surface area contributed by atoms with Crippen LogP contribution in [0.2, 0.25) is 0 Å². The van der Waals surface area contributed by atoms with Crippen molar-refractivity contribution in [1.29, 1.82) is 0 Å². The zero-order valence-electron chi connectivity index (χ0n) is 36.8. The van der Waals surface area contributed by atoms with Gasteiger partial charge in [-0.2, -0.15) is 0 Å². The first kappa shape index (κ1) is 56.4. The van der Waals surface area contributed by atoms with Gasteiger partial charge in [0, 0.05) is 12.8 Å². The molecule has 0 aromatic rings. The number of phosphoric ester groups is 1. The summed E-state index contributed by atoms with van der Waals surface area (Å²) in [6.45, 7) is 2.50. The molecule has 0 aromatic heterocycles. The van der Waals surface area contributed by atoms with E-state index in [2.05, 4.69) is 91.3 Å². The van der Waals surface area contributed by atoms with E-state index < -0.39 is 51.1 Å². The molecule has 4 N–H and O–H groups in total. The van der Waals surface area contributed by atoms with Gasteiger partial charge in [0.15, 0.2) is 6.10 Å². The second kappa shape index (κ2) is 42.1. The second-order valence-electron chi connectivity index (χ2n) is 14.5. The molecule has 0 aliphatic carbocycles. The lowest BCUT2D eigenvalue weighted by atomic mass is 10.1. The molecular weight excluding hydrogens is 781 g/mol. The fourth-order valence-corrected chi connectivity index (χ4v) is 6.22. The Balaban J connectivity index is 4.35. The normalized spacial score (nSPS) is 14.6. The van der Waals surface area contributed by atoms with Crippen molar-refractivity contribution in [1.82, 2.24) is 0 Å². The molecule has 0 fully saturated rings. The predicted octanol–water partition coefficient (Wildman–Crippen LogP) is 12.1. The number of allylic oxidation sites excluding steroid dienone is 16. The highest BCUT2D eigenvalue weighted by atomic mass is 31.2. The van der Waals surface area contributed by atoms with E-state index in [1.807, 2.05) is 24.3 Å². The molecule has 0 bridgehead atoms. The number of rotatable bonds is 40. The van der Waals surface area contributed by atoms with Gasteiger partial charge in [0.1, 0.15) is 12.6 Å². The van der Waals surface area contributed by atoms with Gasteiger partial charge < -0.3 is 25.2 Å². The molecule has 0 heterocycles. The van der Waals surface area contributed by atoms with Crippen molar-refractivity contribution in [2.45, 2.75) is 167 Å². The molecule has 12 heteroatoms. The molecule has 0 spiro atoms. The number of hydrogen-bond donors (Lipinski definition) is 3. The number of esters is 2. The zero-order valence-corrected chi connectivity index (χ0v) is 37.6. The van der Waals surface area contributed by atoms with Crippen molar-refractivity contribution in [3.8, 4) is 0 Å². The predicted molar refractivity (Wildman–Crippen MR) is 244 cm³/mol. The SMILES string of the molecule is CC/C=C/C=C/C=C/CCCCCCCC(=O)OC(COC(=O)CCCCCCCCC/C=C/C/C=C/C/C=C/C/C=C/C/C=C/CC)COP(=O)(O)OC[C@H](N)C(=O)O. The topological polar surface area (TPSA) is 172 Å². The Kier molecular flexibility index (Phi) is 39.6. The first-order chi connectivity index (χ1) is 29.1. The van der Waals surface area contributed by atoms with E-state index in [0.29, 0.717) is 12.8 Å². The molecule has 340 valence electrons. The van der Waals surface area contributed by atoms with Crippen LogP contribution in [0.4, 0.5) is 0 Å². The van der Waals surface area contributed by atoms with Crippen molar-refractivity contribution in [3.05, 3.63) is 97.2 Å². The Hall–Kier alpha value is -3.60. The van der Waals surface area contributed by atoms with Gasteiger partial charge in [-0.25, -0.2) is 4.57 Å². The third-order valence-corrected chi connectivity index (χ3v) is 9.84. The van der Waals surface area contributed by atoms with Gasteiger partial charge in [0.25, 0.3) is 0 Å². The van der Waals surface area contributed by atoms with Gasteiger partial charge in [-0.3, -0.25) is 23.4 Å². The largest absolute Gasteiger partial charge is 0.480 e. The Morgan fingerprint density at radius 1 is 0.533 bits per heavy atom. The van der Waals surface area contributed by atoms with E-state index in [1.165, 1.54) is 6.42 Å². The molecule has 3 atom stereocenters. The van der Waals surface area contributed by atoms with Crippen LogP contribution in [-0.4, -0.2) is 59.9 Å². The molecule has 11 nitrogen and oxygen atoms in total. The van der Waals surface area contributed by atoms with E-state index in [1.54, 1.807) is 0 Å². The minimum Gasteiger partial charge on any atom is -0.480 e. The van der Waals surface area contributed by atoms with Crippen molar-refractivity contribution >= 4 is 25.7 Å². The van der Waals surface area contributed by atoms with Gasteiger partial charge in [-0.1, -0.05) is 162 Å². The van der Waals surface area contributed by atoms with Gasteiger partial charge >= 0.3 is 25.7 Å². The van der Waals surface area contributed by atoms with Gasteiger partial charge in [0.2, 0.25) is 0 Å². The Morgan fingerprint density at radius 2 is 0.967 bits per heavy atom. The number of unbranched alkanes of at least 4 members (excludes halogenated alkanes) is 12. The summed E-state index contributed by atoms with van der Waals surface area (Å²) in [7, 11) is -4.73. The van der Waals surface area contributed by atoms with E-state index >= 15 is 0 Å². The summed E-state index contributed by atoms with van der Waals surface area (Å²) < 4.78 is 32.7.